The number of alkyl halides is 1. The maximum Gasteiger partial charge on any atom is 0.244 e. The van der Waals surface area contributed by atoms with E-state index in [1.54, 1.807) is 11.8 Å². The highest BCUT2D eigenvalue weighted by molar-refractivity contribution is 8.00. The second-order valence-electron chi connectivity index (χ2n) is 10.1. The van der Waals surface area contributed by atoms with Crippen molar-refractivity contribution in [3.8, 4) is 0 Å². The molecule has 166 valence electrons. The minimum absolute atomic E-state index is 0.0182. The first kappa shape index (κ1) is 22.9. The highest BCUT2D eigenvalue weighted by Crippen LogP contribution is 2.39. The molecule has 1 heterocycles. The fraction of sp³-hybridized carbons (Fsp3) is 0.909. The highest BCUT2D eigenvalue weighted by atomic mass is 32.2. The predicted octanol–water partition coefficient (Wildman–Crippen LogP) is 3.98. The fourth-order valence-electron chi connectivity index (χ4n) is 4.91. The molecule has 5 nitrogen and oxygen atoms in total. The van der Waals surface area contributed by atoms with Crippen LogP contribution < -0.4 is 16.0 Å². The number of aliphatic imine (C=N–C) groups is 1. The van der Waals surface area contributed by atoms with Gasteiger partial charge in [0, 0.05) is 11.8 Å². The van der Waals surface area contributed by atoms with Gasteiger partial charge in [-0.15, -0.1) is 11.8 Å². The van der Waals surface area contributed by atoms with Gasteiger partial charge >= 0.3 is 0 Å². The van der Waals surface area contributed by atoms with Crippen LogP contribution in [0.1, 0.15) is 79.1 Å². The first-order valence-corrected chi connectivity index (χ1v) is 12.4. The number of rotatable bonds is 3. The molecule has 7 heteroatoms. The third-order valence-electron chi connectivity index (χ3n) is 6.64. The number of thioether (sulfide) groups is 1. The molecule has 2 saturated carbocycles. The molecule has 0 aromatic rings. The van der Waals surface area contributed by atoms with Crippen LogP contribution in [0.2, 0.25) is 0 Å². The number of nitrogens with one attached hydrogen (secondary N) is 3. The summed E-state index contributed by atoms with van der Waals surface area (Å²) < 4.78 is 13.6. The van der Waals surface area contributed by atoms with Crippen LogP contribution in [0.4, 0.5) is 4.39 Å². The van der Waals surface area contributed by atoms with Crippen LogP contribution in [0.3, 0.4) is 0 Å². The molecule has 4 atom stereocenters. The third-order valence-corrected chi connectivity index (χ3v) is 7.80. The molecule has 0 bridgehead atoms. The Morgan fingerprint density at radius 3 is 2.41 bits per heavy atom. The molecule has 0 spiro atoms. The number of carbonyl (C=O) groups excluding carboxylic acids is 1. The summed E-state index contributed by atoms with van der Waals surface area (Å²) >= 11 is 1.76. The SMILES string of the molecule is CC1NC(C(=O)NC(=NC2CCCCC2C(C)(C)C)NC2CCC(F)CC2)CS1. The Balaban J connectivity index is 1.73. The van der Waals surface area contributed by atoms with Gasteiger partial charge < -0.3 is 5.32 Å². The molecule has 3 rings (SSSR count). The first-order valence-electron chi connectivity index (χ1n) is 11.4. The van der Waals surface area contributed by atoms with E-state index in [2.05, 4.69) is 43.6 Å². The molecule has 3 N–H and O–H groups in total. The number of carbonyl (C=O) groups is 1. The summed E-state index contributed by atoms with van der Waals surface area (Å²) in [6.45, 7) is 8.96. The maximum atomic E-state index is 13.6. The molecular formula is C22H39FN4OS. The summed E-state index contributed by atoms with van der Waals surface area (Å²) in [7, 11) is 0. The third kappa shape index (κ3) is 6.58. The Morgan fingerprint density at radius 1 is 1.10 bits per heavy atom. The lowest BCUT2D eigenvalue weighted by atomic mass is 9.70. The smallest absolute Gasteiger partial charge is 0.244 e. The van der Waals surface area contributed by atoms with Crippen LogP contribution in [0.5, 0.6) is 0 Å². The number of hydrogen-bond donors (Lipinski definition) is 3. The second kappa shape index (κ2) is 9.99. The van der Waals surface area contributed by atoms with Crippen LogP contribution in [0.25, 0.3) is 0 Å². The Morgan fingerprint density at radius 2 is 1.79 bits per heavy atom. The molecular weight excluding hydrogens is 387 g/mol. The van der Waals surface area contributed by atoms with E-state index in [0.29, 0.717) is 30.1 Å². The van der Waals surface area contributed by atoms with Crippen LogP contribution >= 0.6 is 11.8 Å². The normalized spacial score (nSPS) is 36.7. The zero-order chi connectivity index (χ0) is 21.0. The van der Waals surface area contributed by atoms with Crippen molar-refractivity contribution in [3.05, 3.63) is 0 Å². The topological polar surface area (TPSA) is 65.5 Å². The fourth-order valence-corrected chi connectivity index (χ4v) is 5.90. The van der Waals surface area contributed by atoms with Gasteiger partial charge in [0.2, 0.25) is 5.91 Å². The zero-order valence-corrected chi connectivity index (χ0v) is 19.3. The lowest BCUT2D eigenvalue weighted by Crippen LogP contribution is -2.53. The van der Waals surface area contributed by atoms with Gasteiger partial charge in [0.05, 0.1) is 17.5 Å². The standard InChI is InChI=1S/C22H39FN4OS/c1-14-24-19(13-29-14)20(28)27-21(25-16-11-9-15(23)10-12-16)26-18-8-6-5-7-17(18)22(2,3)4/h14-19,24H,5-13H2,1-4H3,(H2,25,26,27,28). The second-order valence-corrected chi connectivity index (χ2v) is 11.5. The summed E-state index contributed by atoms with van der Waals surface area (Å²) in [4.78, 5) is 17.9. The van der Waals surface area contributed by atoms with Gasteiger partial charge in [-0.05, 0) is 56.8 Å². The van der Waals surface area contributed by atoms with Gasteiger partial charge in [0.25, 0.3) is 0 Å². The molecule has 3 fully saturated rings. The van der Waals surface area contributed by atoms with Crippen LogP contribution in [-0.4, -0.2) is 47.3 Å². The van der Waals surface area contributed by atoms with Crippen molar-refractivity contribution in [1.29, 1.82) is 0 Å². The number of guanidine groups is 1. The maximum absolute atomic E-state index is 13.6. The lowest BCUT2D eigenvalue weighted by molar-refractivity contribution is -0.121. The van der Waals surface area contributed by atoms with E-state index in [9.17, 15) is 9.18 Å². The molecule has 0 aromatic heterocycles. The molecule has 0 aromatic carbocycles. The highest BCUT2D eigenvalue weighted by Gasteiger charge is 2.35. The molecule has 29 heavy (non-hydrogen) atoms. The van der Waals surface area contributed by atoms with E-state index < -0.39 is 6.17 Å². The molecule has 1 saturated heterocycles. The Bertz CT molecular complexity index is 586. The largest absolute Gasteiger partial charge is 0.353 e. The van der Waals surface area contributed by atoms with Crippen molar-refractivity contribution >= 4 is 23.6 Å². The van der Waals surface area contributed by atoms with Gasteiger partial charge in [0.15, 0.2) is 5.96 Å². The number of nitrogens with zero attached hydrogens (tertiary/aromatic N) is 1. The number of hydrogen-bond acceptors (Lipinski definition) is 4. The van der Waals surface area contributed by atoms with Gasteiger partial charge in [0.1, 0.15) is 6.17 Å². The van der Waals surface area contributed by atoms with E-state index in [0.717, 1.165) is 25.0 Å². The Hall–Kier alpha value is -0.820. The zero-order valence-electron chi connectivity index (χ0n) is 18.5. The van der Waals surface area contributed by atoms with E-state index in [1.807, 2.05) is 0 Å². The Labute approximate surface area is 179 Å². The average molecular weight is 427 g/mol. The Kier molecular flexibility index (Phi) is 7.87. The average Bonchev–Trinajstić information content (AvgIpc) is 3.10. The molecule has 0 radical (unpaired) electrons. The van der Waals surface area contributed by atoms with Crippen molar-refractivity contribution in [1.82, 2.24) is 16.0 Å². The molecule has 4 unspecified atom stereocenters. The predicted molar refractivity (Wildman–Crippen MR) is 120 cm³/mol. The van der Waals surface area contributed by atoms with E-state index >= 15 is 0 Å². The number of amides is 1. The lowest BCUT2D eigenvalue weighted by Gasteiger charge is -2.39. The van der Waals surface area contributed by atoms with Gasteiger partial charge in [-0.2, -0.15) is 0 Å². The van der Waals surface area contributed by atoms with Crippen molar-refractivity contribution in [2.75, 3.05) is 5.75 Å². The van der Waals surface area contributed by atoms with Crippen LogP contribution in [0, 0.1) is 11.3 Å². The van der Waals surface area contributed by atoms with E-state index in [4.69, 9.17) is 4.99 Å². The summed E-state index contributed by atoms with van der Waals surface area (Å²) in [5.74, 6) is 1.87. The number of halogens is 1. The van der Waals surface area contributed by atoms with Gasteiger partial charge in [-0.1, -0.05) is 33.6 Å². The summed E-state index contributed by atoms with van der Waals surface area (Å²) in [5, 5.41) is 10.2. The van der Waals surface area contributed by atoms with Gasteiger partial charge in [-0.25, -0.2) is 9.38 Å². The van der Waals surface area contributed by atoms with E-state index in [-0.39, 0.29) is 29.4 Å². The summed E-state index contributed by atoms with van der Waals surface area (Å²) in [6.07, 6.45) is 6.76. The van der Waals surface area contributed by atoms with Crippen LogP contribution in [-0.2, 0) is 4.79 Å². The first-order chi connectivity index (χ1) is 13.7. The van der Waals surface area contributed by atoms with Gasteiger partial charge in [-0.3, -0.25) is 15.4 Å². The molecule has 1 aliphatic heterocycles. The van der Waals surface area contributed by atoms with Crippen molar-refractivity contribution in [2.24, 2.45) is 16.3 Å². The van der Waals surface area contributed by atoms with E-state index in [1.165, 1.54) is 19.3 Å². The monoisotopic (exact) mass is 426 g/mol. The minimum Gasteiger partial charge on any atom is -0.353 e. The van der Waals surface area contributed by atoms with Crippen molar-refractivity contribution in [2.45, 2.75) is 109 Å². The molecule has 3 aliphatic rings. The molecule has 1 amide bonds. The van der Waals surface area contributed by atoms with Crippen molar-refractivity contribution < 1.29 is 9.18 Å². The van der Waals surface area contributed by atoms with Crippen molar-refractivity contribution in [3.63, 3.8) is 0 Å². The summed E-state index contributed by atoms with van der Waals surface area (Å²) in [5.41, 5.74) is 0.190. The quantitative estimate of drug-likeness (QED) is 0.472. The summed E-state index contributed by atoms with van der Waals surface area (Å²) in [6, 6.07) is 0.213. The minimum atomic E-state index is -0.687. The van der Waals surface area contributed by atoms with Crippen LogP contribution in [0.15, 0.2) is 4.99 Å². The molecule has 2 aliphatic carbocycles.